The third-order valence-corrected chi connectivity index (χ3v) is 2.23. The van der Waals surface area contributed by atoms with Crippen LogP contribution in [0.25, 0.3) is 0 Å². The van der Waals surface area contributed by atoms with Crippen LogP contribution in [-0.4, -0.2) is 38.4 Å². The molecule has 4 nitrogen and oxygen atoms in total. The Morgan fingerprint density at radius 1 is 1.50 bits per heavy atom. The van der Waals surface area contributed by atoms with Gasteiger partial charge < -0.3 is 14.4 Å². The Bertz CT molecular complexity index is 271. The smallest absolute Gasteiger partial charge is 0.335 e. The van der Waals surface area contributed by atoms with Gasteiger partial charge in [0.1, 0.15) is 6.29 Å². The number of methoxy groups -OCH3 is 1. The van der Waals surface area contributed by atoms with Crippen molar-refractivity contribution in [3.05, 3.63) is 11.8 Å². The van der Waals surface area contributed by atoms with Gasteiger partial charge >= 0.3 is 5.97 Å². The zero-order valence-corrected chi connectivity index (χ0v) is 8.69. The molecule has 0 bridgehead atoms. The van der Waals surface area contributed by atoms with Crippen molar-refractivity contribution in [2.45, 2.75) is 6.42 Å². The molecular weight excluding hydrogens is 182 g/mol. The van der Waals surface area contributed by atoms with E-state index in [1.165, 1.54) is 7.11 Å². The number of rotatable bonds is 4. The number of ether oxygens (including phenoxy) is 1. The first kappa shape index (κ1) is 10.8. The van der Waals surface area contributed by atoms with Crippen LogP contribution in [0, 0.1) is 11.8 Å². The first-order valence-corrected chi connectivity index (χ1v) is 4.52. The van der Waals surface area contributed by atoms with Crippen LogP contribution in [0.2, 0.25) is 0 Å². The second-order valence-corrected chi connectivity index (χ2v) is 3.68. The summed E-state index contributed by atoms with van der Waals surface area (Å²) in [6.45, 7) is 0. The molecule has 1 saturated carbocycles. The number of carbonyl (C=O) groups is 2. The summed E-state index contributed by atoms with van der Waals surface area (Å²) in [5, 5.41) is 0. The lowest BCUT2D eigenvalue weighted by atomic mass is 10.1. The molecule has 0 aromatic heterocycles. The fourth-order valence-corrected chi connectivity index (χ4v) is 1.42. The standard InChI is InChI=1S/C10H15NO3/c1-11(2)5-9(10(13)14-3)8-4-7(8)6-12/h5-8H,4H2,1-3H3. The Balaban J connectivity index is 2.74. The molecule has 0 radical (unpaired) electrons. The summed E-state index contributed by atoms with van der Waals surface area (Å²) < 4.78 is 4.66. The molecule has 4 heteroatoms. The number of esters is 1. The Morgan fingerprint density at radius 2 is 2.14 bits per heavy atom. The maximum Gasteiger partial charge on any atom is 0.335 e. The summed E-state index contributed by atoms with van der Waals surface area (Å²) in [7, 11) is 5.02. The highest BCUT2D eigenvalue weighted by atomic mass is 16.5. The molecule has 0 N–H and O–H groups in total. The molecule has 0 heterocycles. The van der Waals surface area contributed by atoms with Crippen LogP contribution in [0.15, 0.2) is 11.8 Å². The van der Waals surface area contributed by atoms with Crippen molar-refractivity contribution in [2.24, 2.45) is 11.8 Å². The Hall–Kier alpha value is -1.32. The van der Waals surface area contributed by atoms with Crippen LogP contribution in [0.4, 0.5) is 0 Å². The fraction of sp³-hybridized carbons (Fsp3) is 0.600. The van der Waals surface area contributed by atoms with Crippen molar-refractivity contribution in [3.8, 4) is 0 Å². The van der Waals surface area contributed by atoms with Gasteiger partial charge in [0.2, 0.25) is 0 Å². The third-order valence-electron chi connectivity index (χ3n) is 2.23. The molecule has 0 aromatic carbocycles. The molecule has 0 spiro atoms. The van der Waals surface area contributed by atoms with Gasteiger partial charge in [-0.25, -0.2) is 4.79 Å². The maximum atomic E-state index is 11.4. The van der Waals surface area contributed by atoms with Crippen molar-refractivity contribution in [2.75, 3.05) is 21.2 Å². The number of nitrogens with zero attached hydrogens (tertiary/aromatic N) is 1. The summed E-state index contributed by atoms with van der Waals surface area (Å²) in [5.41, 5.74) is 0.592. The normalized spacial score (nSPS) is 25.5. The van der Waals surface area contributed by atoms with E-state index in [1.807, 2.05) is 14.1 Å². The average molecular weight is 197 g/mol. The molecule has 0 amide bonds. The van der Waals surface area contributed by atoms with Crippen LogP contribution in [0.5, 0.6) is 0 Å². The highest BCUT2D eigenvalue weighted by molar-refractivity contribution is 5.90. The molecule has 1 rings (SSSR count). The molecule has 0 saturated heterocycles. The van der Waals surface area contributed by atoms with Gasteiger partial charge in [-0.05, 0) is 6.42 Å². The second-order valence-electron chi connectivity index (χ2n) is 3.68. The topological polar surface area (TPSA) is 46.6 Å². The number of hydrogen-bond acceptors (Lipinski definition) is 4. The van der Waals surface area contributed by atoms with E-state index in [9.17, 15) is 9.59 Å². The minimum atomic E-state index is -0.340. The van der Waals surface area contributed by atoms with Gasteiger partial charge in [0.25, 0.3) is 0 Å². The van der Waals surface area contributed by atoms with Gasteiger partial charge in [0, 0.05) is 32.1 Å². The SMILES string of the molecule is COC(=O)C(=CN(C)C)C1CC1C=O. The summed E-state index contributed by atoms with van der Waals surface area (Å²) in [6.07, 6.45) is 3.38. The molecule has 1 aliphatic rings. The first-order chi connectivity index (χ1) is 6.60. The van der Waals surface area contributed by atoms with E-state index in [4.69, 9.17) is 0 Å². The van der Waals surface area contributed by atoms with Gasteiger partial charge in [0.15, 0.2) is 0 Å². The lowest BCUT2D eigenvalue weighted by Crippen LogP contribution is -2.13. The van der Waals surface area contributed by atoms with Crippen molar-refractivity contribution >= 4 is 12.3 Å². The maximum absolute atomic E-state index is 11.4. The predicted octanol–water partition coefficient (Wildman–Crippen LogP) is 0.440. The molecule has 0 aliphatic heterocycles. The molecule has 1 aliphatic carbocycles. The van der Waals surface area contributed by atoms with Crippen LogP contribution in [-0.2, 0) is 14.3 Å². The zero-order valence-electron chi connectivity index (χ0n) is 8.69. The molecule has 14 heavy (non-hydrogen) atoms. The number of carbonyl (C=O) groups excluding carboxylic acids is 2. The van der Waals surface area contributed by atoms with E-state index in [0.29, 0.717) is 5.57 Å². The molecule has 2 unspecified atom stereocenters. The minimum Gasteiger partial charge on any atom is -0.466 e. The van der Waals surface area contributed by atoms with Crippen molar-refractivity contribution < 1.29 is 14.3 Å². The number of aldehydes is 1. The van der Waals surface area contributed by atoms with Gasteiger partial charge in [-0.1, -0.05) is 0 Å². The number of hydrogen-bond donors (Lipinski definition) is 0. The van der Waals surface area contributed by atoms with E-state index in [-0.39, 0.29) is 17.8 Å². The van der Waals surface area contributed by atoms with E-state index in [1.54, 1.807) is 11.1 Å². The second kappa shape index (κ2) is 4.26. The monoisotopic (exact) mass is 197 g/mol. The lowest BCUT2D eigenvalue weighted by molar-refractivity contribution is -0.136. The van der Waals surface area contributed by atoms with Gasteiger partial charge in [-0.15, -0.1) is 0 Å². The Morgan fingerprint density at radius 3 is 2.50 bits per heavy atom. The summed E-state index contributed by atoms with van der Waals surface area (Å²) in [4.78, 5) is 23.6. The average Bonchev–Trinajstić information content (AvgIpc) is 2.91. The fourth-order valence-electron chi connectivity index (χ4n) is 1.42. The largest absolute Gasteiger partial charge is 0.466 e. The van der Waals surface area contributed by atoms with E-state index >= 15 is 0 Å². The third kappa shape index (κ3) is 2.34. The summed E-state index contributed by atoms with van der Waals surface area (Å²) in [6, 6.07) is 0. The van der Waals surface area contributed by atoms with Gasteiger partial charge in [0.05, 0.1) is 12.7 Å². The van der Waals surface area contributed by atoms with Crippen LogP contribution in [0.3, 0.4) is 0 Å². The zero-order chi connectivity index (χ0) is 10.7. The van der Waals surface area contributed by atoms with Crippen LogP contribution in [0.1, 0.15) is 6.42 Å². The Labute approximate surface area is 83.5 Å². The van der Waals surface area contributed by atoms with E-state index in [2.05, 4.69) is 4.74 Å². The summed E-state index contributed by atoms with van der Waals surface area (Å²) >= 11 is 0. The lowest BCUT2D eigenvalue weighted by Gasteiger charge is -2.09. The van der Waals surface area contributed by atoms with E-state index < -0.39 is 0 Å². The highest BCUT2D eigenvalue weighted by Gasteiger charge is 2.42. The first-order valence-electron chi connectivity index (χ1n) is 4.52. The Kier molecular flexibility index (Phi) is 3.28. The van der Waals surface area contributed by atoms with Crippen molar-refractivity contribution in [1.29, 1.82) is 0 Å². The molecule has 78 valence electrons. The van der Waals surface area contributed by atoms with Gasteiger partial charge in [-0.3, -0.25) is 0 Å². The van der Waals surface area contributed by atoms with Crippen molar-refractivity contribution in [3.63, 3.8) is 0 Å². The van der Waals surface area contributed by atoms with Crippen molar-refractivity contribution in [1.82, 2.24) is 4.90 Å². The minimum absolute atomic E-state index is 0.000278. The summed E-state index contributed by atoms with van der Waals surface area (Å²) in [5.74, 6) is -0.282. The highest BCUT2D eigenvalue weighted by Crippen LogP contribution is 2.42. The quantitative estimate of drug-likeness (QED) is 0.373. The molecular formula is C10H15NO3. The predicted molar refractivity (Wildman–Crippen MR) is 51.4 cm³/mol. The van der Waals surface area contributed by atoms with E-state index in [0.717, 1.165) is 12.7 Å². The van der Waals surface area contributed by atoms with Crippen LogP contribution < -0.4 is 0 Å². The molecule has 1 fully saturated rings. The van der Waals surface area contributed by atoms with Crippen LogP contribution >= 0.6 is 0 Å². The molecule has 2 atom stereocenters. The molecule has 0 aromatic rings. The van der Waals surface area contributed by atoms with Gasteiger partial charge in [-0.2, -0.15) is 0 Å².